The van der Waals surface area contributed by atoms with Gasteiger partial charge < -0.3 is 10.1 Å². The van der Waals surface area contributed by atoms with Gasteiger partial charge in [-0.05, 0) is 58.2 Å². The summed E-state index contributed by atoms with van der Waals surface area (Å²) in [6.07, 6.45) is 2.26. The van der Waals surface area contributed by atoms with Crippen molar-refractivity contribution in [1.29, 1.82) is 0 Å². The largest absolute Gasteiger partial charge is 0.379 e. The lowest BCUT2D eigenvalue weighted by Gasteiger charge is -2.27. The molecule has 2 nitrogen and oxygen atoms in total. The van der Waals surface area contributed by atoms with Gasteiger partial charge in [-0.2, -0.15) is 0 Å². The van der Waals surface area contributed by atoms with Crippen LogP contribution in [0.4, 0.5) is 8.78 Å². The Morgan fingerprint density at radius 1 is 1.29 bits per heavy atom. The molecule has 1 atom stereocenters. The summed E-state index contributed by atoms with van der Waals surface area (Å²) in [6.45, 7) is 8.38. The lowest BCUT2D eigenvalue weighted by atomic mass is 9.93. The first kappa shape index (κ1) is 18.1. The summed E-state index contributed by atoms with van der Waals surface area (Å²) in [4.78, 5) is 0. The Bertz CT molecular complexity index is 460. The van der Waals surface area contributed by atoms with Crippen molar-refractivity contribution in [2.24, 2.45) is 0 Å². The van der Waals surface area contributed by atoms with Crippen LogP contribution in [0.5, 0.6) is 0 Å². The molecule has 0 radical (unpaired) electrons. The standard InChI is InChI=1S/C17H27F2NO/c1-6-11-20-14(9-10-17(3,4)21-5)15-13(18)8-7-12(2)16(15)19/h7-8,14,20H,6,9-11H2,1-5H3. The molecule has 0 bridgehead atoms. The monoisotopic (exact) mass is 299 g/mol. The number of rotatable bonds is 8. The van der Waals surface area contributed by atoms with Crippen molar-refractivity contribution in [2.45, 2.75) is 58.6 Å². The van der Waals surface area contributed by atoms with Gasteiger partial charge in [0.25, 0.3) is 0 Å². The zero-order valence-electron chi connectivity index (χ0n) is 13.7. The Kier molecular flexibility index (Phi) is 6.75. The molecule has 0 aliphatic rings. The molecule has 1 unspecified atom stereocenters. The SMILES string of the molecule is CCCNC(CCC(C)(C)OC)c1c(F)ccc(C)c1F. The quantitative estimate of drug-likeness (QED) is 0.762. The Morgan fingerprint density at radius 3 is 2.52 bits per heavy atom. The van der Waals surface area contributed by atoms with E-state index in [2.05, 4.69) is 5.32 Å². The van der Waals surface area contributed by atoms with Crippen LogP contribution in [0.1, 0.15) is 57.2 Å². The number of methoxy groups -OCH3 is 1. The molecule has 0 aromatic heterocycles. The number of nitrogens with one attached hydrogen (secondary N) is 1. The molecule has 0 heterocycles. The fourth-order valence-corrected chi connectivity index (χ4v) is 2.26. The van der Waals surface area contributed by atoms with Crippen LogP contribution in [-0.4, -0.2) is 19.3 Å². The number of ether oxygens (including phenoxy) is 1. The highest BCUT2D eigenvalue weighted by Crippen LogP contribution is 2.29. The molecule has 0 amide bonds. The van der Waals surface area contributed by atoms with Crippen molar-refractivity contribution in [2.75, 3.05) is 13.7 Å². The van der Waals surface area contributed by atoms with E-state index >= 15 is 0 Å². The van der Waals surface area contributed by atoms with Gasteiger partial charge in [-0.1, -0.05) is 13.0 Å². The highest BCUT2D eigenvalue weighted by molar-refractivity contribution is 5.29. The first-order valence-corrected chi connectivity index (χ1v) is 7.55. The normalized spacial score (nSPS) is 13.5. The van der Waals surface area contributed by atoms with Crippen molar-refractivity contribution in [3.63, 3.8) is 0 Å². The molecule has 1 rings (SSSR count). The van der Waals surface area contributed by atoms with E-state index in [0.717, 1.165) is 19.4 Å². The third-order valence-corrected chi connectivity index (χ3v) is 3.90. The van der Waals surface area contributed by atoms with E-state index in [1.165, 1.54) is 12.1 Å². The molecule has 1 aromatic rings. The second kappa shape index (κ2) is 7.85. The van der Waals surface area contributed by atoms with Gasteiger partial charge in [0.15, 0.2) is 0 Å². The zero-order chi connectivity index (χ0) is 16.0. The topological polar surface area (TPSA) is 21.3 Å². The van der Waals surface area contributed by atoms with Crippen LogP contribution in [0.3, 0.4) is 0 Å². The first-order valence-electron chi connectivity index (χ1n) is 7.55. The third-order valence-electron chi connectivity index (χ3n) is 3.90. The van der Waals surface area contributed by atoms with Gasteiger partial charge >= 0.3 is 0 Å². The van der Waals surface area contributed by atoms with E-state index < -0.39 is 11.6 Å². The predicted molar refractivity (Wildman–Crippen MR) is 82.5 cm³/mol. The number of hydrogen-bond acceptors (Lipinski definition) is 2. The van der Waals surface area contributed by atoms with E-state index in [-0.39, 0.29) is 17.2 Å². The summed E-state index contributed by atoms with van der Waals surface area (Å²) in [5.74, 6) is -0.930. The average molecular weight is 299 g/mol. The van der Waals surface area contributed by atoms with Crippen LogP contribution in [0.2, 0.25) is 0 Å². The maximum absolute atomic E-state index is 14.3. The van der Waals surface area contributed by atoms with E-state index in [1.807, 2.05) is 20.8 Å². The molecule has 0 aliphatic heterocycles. The Labute approximate surface area is 126 Å². The molecular weight excluding hydrogens is 272 g/mol. The van der Waals surface area contributed by atoms with Gasteiger partial charge in [0.05, 0.1) is 5.60 Å². The van der Waals surface area contributed by atoms with Gasteiger partial charge in [-0.25, -0.2) is 8.78 Å². The summed E-state index contributed by atoms with van der Waals surface area (Å²) in [7, 11) is 1.66. The zero-order valence-corrected chi connectivity index (χ0v) is 13.7. The maximum atomic E-state index is 14.3. The average Bonchev–Trinajstić information content (AvgIpc) is 2.45. The van der Waals surface area contributed by atoms with Crippen LogP contribution < -0.4 is 5.32 Å². The van der Waals surface area contributed by atoms with E-state index in [0.29, 0.717) is 12.0 Å². The van der Waals surface area contributed by atoms with Crippen molar-refractivity contribution >= 4 is 0 Å². The van der Waals surface area contributed by atoms with Crippen LogP contribution in [-0.2, 0) is 4.74 Å². The van der Waals surface area contributed by atoms with Crippen LogP contribution >= 0.6 is 0 Å². The molecule has 0 fully saturated rings. The second-order valence-corrected chi connectivity index (χ2v) is 6.10. The van der Waals surface area contributed by atoms with E-state index in [9.17, 15) is 8.78 Å². The van der Waals surface area contributed by atoms with E-state index in [1.54, 1.807) is 14.0 Å². The minimum atomic E-state index is -0.484. The Hall–Kier alpha value is -1.00. The van der Waals surface area contributed by atoms with Crippen LogP contribution in [0.15, 0.2) is 12.1 Å². The lowest BCUT2D eigenvalue weighted by molar-refractivity contribution is 0.0115. The molecule has 1 N–H and O–H groups in total. The molecule has 4 heteroatoms. The predicted octanol–water partition coefficient (Wildman–Crippen LogP) is 4.52. The minimum absolute atomic E-state index is 0.148. The van der Waals surface area contributed by atoms with Gasteiger partial charge in [-0.15, -0.1) is 0 Å². The summed E-state index contributed by atoms with van der Waals surface area (Å²) in [5, 5.41) is 3.26. The number of benzene rings is 1. The van der Waals surface area contributed by atoms with Gasteiger partial charge in [0.2, 0.25) is 0 Å². The third kappa shape index (κ3) is 5.04. The van der Waals surface area contributed by atoms with Crippen molar-refractivity contribution in [3.05, 3.63) is 34.9 Å². The highest BCUT2D eigenvalue weighted by atomic mass is 19.1. The smallest absolute Gasteiger partial charge is 0.133 e. The lowest BCUT2D eigenvalue weighted by Crippen LogP contribution is -2.29. The summed E-state index contributed by atoms with van der Waals surface area (Å²) >= 11 is 0. The molecule has 0 spiro atoms. The summed E-state index contributed by atoms with van der Waals surface area (Å²) in [5.41, 5.74) is 0.319. The van der Waals surface area contributed by atoms with Gasteiger partial charge in [0.1, 0.15) is 11.6 Å². The second-order valence-electron chi connectivity index (χ2n) is 6.10. The molecule has 0 aliphatic carbocycles. The summed E-state index contributed by atoms with van der Waals surface area (Å²) in [6, 6.07) is 2.49. The molecule has 0 saturated heterocycles. The molecule has 21 heavy (non-hydrogen) atoms. The highest BCUT2D eigenvalue weighted by Gasteiger charge is 2.24. The van der Waals surface area contributed by atoms with Gasteiger partial charge in [-0.3, -0.25) is 0 Å². The van der Waals surface area contributed by atoms with Crippen molar-refractivity contribution < 1.29 is 13.5 Å². The first-order chi connectivity index (χ1) is 9.82. The van der Waals surface area contributed by atoms with Crippen LogP contribution in [0.25, 0.3) is 0 Å². The Morgan fingerprint density at radius 2 is 1.95 bits per heavy atom. The number of aryl methyl sites for hydroxylation is 1. The molecule has 0 saturated carbocycles. The minimum Gasteiger partial charge on any atom is -0.379 e. The number of halogens is 2. The van der Waals surface area contributed by atoms with Crippen molar-refractivity contribution in [3.8, 4) is 0 Å². The van der Waals surface area contributed by atoms with Crippen LogP contribution in [0, 0.1) is 18.6 Å². The fourth-order valence-electron chi connectivity index (χ4n) is 2.26. The van der Waals surface area contributed by atoms with Gasteiger partial charge in [0, 0.05) is 18.7 Å². The maximum Gasteiger partial charge on any atom is 0.133 e. The molecular formula is C17H27F2NO. The van der Waals surface area contributed by atoms with E-state index in [4.69, 9.17) is 4.74 Å². The summed E-state index contributed by atoms with van der Waals surface area (Å²) < 4.78 is 33.8. The molecule has 1 aromatic carbocycles. The Balaban J connectivity index is 3.00. The number of hydrogen-bond donors (Lipinski definition) is 1. The fraction of sp³-hybridized carbons (Fsp3) is 0.647. The molecule has 120 valence electrons. The van der Waals surface area contributed by atoms with Crippen molar-refractivity contribution in [1.82, 2.24) is 5.32 Å².